The highest BCUT2D eigenvalue weighted by molar-refractivity contribution is 7.92. The average molecular weight is 578 g/mol. The van der Waals surface area contributed by atoms with E-state index in [2.05, 4.69) is 20.6 Å². The van der Waals surface area contributed by atoms with Gasteiger partial charge in [-0.2, -0.15) is 0 Å². The lowest BCUT2D eigenvalue weighted by Gasteiger charge is -2.21. The fourth-order valence-electron chi connectivity index (χ4n) is 3.21. The van der Waals surface area contributed by atoms with Crippen molar-refractivity contribution in [3.8, 4) is 11.5 Å². The summed E-state index contributed by atoms with van der Waals surface area (Å²) >= 11 is 12.4. The molecule has 0 aliphatic carbocycles. The Morgan fingerprint density at radius 1 is 1.13 bits per heavy atom. The predicted octanol–water partition coefficient (Wildman–Crippen LogP) is 6.36. The molecule has 11 heteroatoms. The van der Waals surface area contributed by atoms with E-state index >= 15 is 0 Å². The van der Waals surface area contributed by atoms with E-state index in [0.29, 0.717) is 46.7 Å². The van der Waals surface area contributed by atoms with Gasteiger partial charge in [0.15, 0.2) is 9.84 Å². The first-order valence-corrected chi connectivity index (χ1v) is 14.5. The van der Waals surface area contributed by atoms with Crippen molar-refractivity contribution >= 4 is 56.5 Å². The summed E-state index contributed by atoms with van der Waals surface area (Å²) in [6, 6.07) is 12.4. The number of carbonyl (C=O) groups excluding carboxylic acids is 1. The molecule has 202 valence electrons. The van der Waals surface area contributed by atoms with Gasteiger partial charge in [-0.15, -0.1) is 0 Å². The molecule has 3 aromatic rings. The van der Waals surface area contributed by atoms with Gasteiger partial charge < -0.3 is 15.4 Å². The predicted molar refractivity (Wildman–Crippen MR) is 153 cm³/mol. The number of amides is 1. The molecule has 1 amide bonds. The summed E-state index contributed by atoms with van der Waals surface area (Å²) in [5.41, 5.74) is 2.33. The molecular weight excluding hydrogens is 547 g/mol. The number of aromatic nitrogens is 2. The molecule has 2 aromatic carbocycles. The zero-order valence-corrected chi connectivity index (χ0v) is 23.9. The Morgan fingerprint density at radius 2 is 1.89 bits per heavy atom. The summed E-state index contributed by atoms with van der Waals surface area (Å²) < 4.78 is 27.9. The van der Waals surface area contributed by atoms with Gasteiger partial charge in [0.1, 0.15) is 28.4 Å². The summed E-state index contributed by atoms with van der Waals surface area (Å²) in [5, 5.41) is 6.94. The van der Waals surface area contributed by atoms with E-state index in [1.54, 1.807) is 36.4 Å². The summed E-state index contributed by atoms with van der Waals surface area (Å²) in [4.78, 5) is 20.9. The third-order valence-electron chi connectivity index (χ3n) is 5.92. The molecule has 0 atom stereocenters. The number of carbonyl (C=O) groups is 1. The van der Waals surface area contributed by atoms with Crippen LogP contribution in [-0.4, -0.2) is 41.8 Å². The Hall–Kier alpha value is -3.14. The van der Waals surface area contributed by atoms with Gasteiger partial charge in [-0.05, 0) is 76.1 Å². The Balaban J connectivity index is 1.57. The second-order valence-electron chi connectivity index (χ2n) is 9.15. The summed E-state index contributed by atoms with van der Waals surface area (Å²) in [6.07, 6.45) is 7.70. The number of anilines is 2. The number of hydrogen-bond donors (Lipinski definition) is 2. The monoisotopic (exact) mass is 576 g/mol. The maximum atomic E-state index is 12.2. The van der Waals surface area contributed by atoms with Crippen molar-refractivity contribution in [2.24, 2.45) is 0 Å². The van der Waals surface area contributed by atoms with Gasteiger partial charge in [-0.3, -0.25) is 4.79 Å². The maximum Gasteiger partial charge on any atom is 0.240 e. The average Bonchev–Trinajstić information content (AvgIpc) is 2.84. The van der Waals surface area contributed by atoms with Gasteiger partial charge in [-0.1, -0.05) is 35.3 Å². The molecule has 3 rings (SSSR count). The van der Waals surface area contributed by atoms with Gasteiger partial charge in [-0.25, -0.2) is 18.4 Å². The quantitative estimate of drug-likeness (QED) is 0.255. The van der Waals surface area contributed by atoms with E-state index < -0.39 is 20.5 Å². The number of unbranched alkanes of at least 4 members (excludes halogenated alkanes) is 1. The Bertz CT molecular complexity index is 1440. The van der Waals surface area contributed by atoms with E-state index in [0.717, 1.165) is 23.2 Å². The van der Waals surface area contributed by atoms with Crippen molar-refractivity contribution < 1.29 is 17.9 Å². The minimum Gasteiger partial charge on any atom is -0.456 e. The topological polar surface area (TPSA) is 110 Å². The van der Waals surface area contributed by atoms with Crippen LogP contribution >= 0.6 is 23.2 Å². The van der Waals surface area contributed by atoms with E-state index in [4.69, 9.17) is 27.9 Å². The number of benzene rings is 2. The number of allylic oxidation sites excluding steroid dienone is 1. The largest absolute Gasteiger partial charge is 0.456 e. The third kappa shape index (κ3) is 7.69. The number of nitrogens with one attached hydrogen (secondary N) is 2. The van der Waals surface area contributed by atoms with Crippen LogP contribution in [0.25, 0.3) is 6.08 Å². The zero-order valence-electron chi connectivity index (χ0n) is 21.6. The first kappa shape index (κ1) is 29.4. The van der Waals surface area contributed by atoms with E-state index in [1.165, 1.54) is 20.2 Å². The first-order chi connectivity index (χ1) is 17.9. The van der Waals surface area contributed by atoms with Crippen LogP contribution in [0.15, 0.2) is 54.9 Å². The first-order valence-electron chi connectivity index (χ1n) is 11.8. The lowest BCUT2D eigenvalue weighted by atomic mass is 10.1. The van der Waals surface area contributed by atoms with Gasteiger partial charge in [0.05, 0.1) is 10.7 Å². The van der Waals surface area contributed by atoms with Crippen LogP contribution < -0.4 is 15.4 Å². The molecule has 0 saturated carbocycles. The minimum atomic E-state index is -3.50. The number of ether oxygens (including phenoxy) is 1. The lowest BCUT2D eigenvalue weighted by Crippen LogP contribution is -2.47. The van der Waals surface area contributed by atoms with Gasteiger partial charge >= 0.3 is 0 Å². The SMILES string of the molecule is Cc1c(C=CCCCNC(=O)C(C)(C)S(C)(=O)=O)ncnc1Nc1ccc(Oc2cccc(Cl)c2)c(Cl)c1. The minimum absolute atomic E-state index is 0.371. The van der Waals surface area contributed by atoms with Crippen molar-refractivity contribution in [2.75, 3.05) is 18.1 Å². The van der Waals surface area contributed by atoms with Crippen LogP contribution in [0.5, 0.6) is 11.5 Å². The Morgan fingerprint density at radius 3 is 2.58 bits per heavy atom. The molecular formula is C27H30Cl2N4O4S. The fourth-order valence-corrected chi connectivity index (χ4v) is 4.02. The highest BCUT2D eigenvalue weighted by Gasteiger charge is 2.38. The standard InChI is InChI=1S/C27H30Cl2N4O4S/c1-18-23(11-6-5-7-14-30-26(34)27(2,3)38(4,35)36)31-17-32-25(18)33-20-12-13-24(22(29)16-20)37-21-10-8-9-19(28)15-21/h6,8-13,15-17H,5,7,14H2,1-4H3,(H,30,34)(H,31,32,33). The molecule has 0 fully saturated rings. The molecule has 38 heavy (non-hydrogen) atoms. The number of hydrogen-bond acceptors (Lipinski definition) is 7. The Kier molecular flexibility index (Phi) is 9.76. The molecule has 0 spiro atoms. The van der Waals surface area contributed by atoms with Crippen LogP contribution in [0.2, 0.25) is 10.0 Å². The summed E-state index contributed by atoms with van der Waals surface area (Å²) in [7, 11) is -3.50. The third-order valence-corrected chi connectivity index (χ3v) is 8.49. The van der Waals surface area contributed by atoms with Crippen LogP contribution in [0, 0.1) is 6.92 Å². The Labute approximate surface area is 233 Å². The van der Waals surface area contributed by atoms with Crippen LogP contribution in [0.3, 0.4) is 0 Å². The van der Waals surface area contributed by atoms with Crippen molar-refractivity contribution in [2.45, 2.75) is 38.4 Å². The fraction of sp³-hybridized carbons (Fsp3) is 0.296. The van der Waals surface area contributed by atoms with E-state index in [-0.39, 0.29) is 0 Å². The smallest absolute Gasteiger partial charge is 0.240 e. The molecule has 0 saturated heterocycles. The van der Waals surface area contributed by atoms with Crippen LogP contribution in [-0.2, 0) is 14.6 Å². The molecule has 8 nitrogen and oxygen atoms in total. The molecule has 1 aromatic heterocycles. The number of sulfone groups is 1. The summed E-state index contributed by atoms with van der Waals surface area (Å²) in [6.45, 7) is 5.08. The van der Waals surface area contributed by atoms with Crippen LogP contribution in [0.1, 0.15) is 37.9 Å². The number of halogens is 2. The second-order valence-corrected chi connectivity index (χ2v) is 12.6. The molecule has 0 aliphatic rings. The summed E-state index contributed by atoms with van der Waals surface area (Å²) in [5.74, 6) is 1.21. The van der Waals surface area contributed by atoms with E-state index in [1.807, 2.05) is 25.1 Å². The molecule has 1 heterocycles. The van der Waals surface area contributed by atoms with E-state index in [9.17, 15) is 13.2 Å². The van der Waals surface area contributed by atoms with Crippen molar-refractivity contribution in [3.05, 3.63) is 76.2 Å². The molecule has 0 bridgehead atoms. The maximum absolute atomic E-state index is 12.2. The highest BCUT2D eigenvalue weighted by Crippen LogP contribution is 2.33. The molecule has 2 N–H and O–H groups in total. The van der Waals surface area contributed by atoms with Crippen LogP contribution in [0.4, 0.5) is 11.5 Å². The highest BCUT2D eigenvalue weighted by atomic mass is 35.5. The number of rotatable bonds is 11. The lowest BCUT2D eigenvalue weighted by molar-refractivity contribution is -0.122. The number of nitrogens with zero attached hydrogens (tertiary/aromatic N) is 2. The zero-order chi connectivity index (χ0) is 27.9. The second kappa shape index (κ2) is 12.6. The normalized spacial score (nSPS) is 11.9. The van der Waals surface area contributed by atoms with Gasteiger partial charge in [0.25, 0.3) is 0 Å². The van der Waals surface area contributed by atoms with Crippen molar-refractivity contribution in [3.63, 3.8) is 0 Å². The van der Waals surface area contributed by atoms with Crippen molar-refractivity contribution in [1.82, 2.24) is 15.3 Å². The van der Waals surface area contributed by atoms with Gasteiger partial charge in [0.2, 0.25) is 5.91 Å². The van der Waals surface area contributed by atoms with Crippen molar-refractivity contribution in [1.29, 1.82) is 0 Å². The molecule has 0 unspecified atom stereocenters. The van der Waals surface area contributed by atoms with Gasteiger partial charge in [0, 0.05) is 29.1 Å². The molecule has 0 aliphatic heterocycles. The molecule has 0 radical (unpaired) electrons.